The molecule has 1 unspecified atom stereocenters. The molecule has 2 fully saturated rings. The van der Waals surface area contributed by atoms with Crippen molar-refractivity contribution in [2.75, 3.05) is 32.8 Å². The van der Waals surface area contributed by atoms with Crippen molar-refractivity contribution >= 4 is 17.5 Å². The smallest absolute Gasteiger partial charge is 0.225 e. The molecule has 1 aromatic rings. The third-order valence-corrected chi connectivity index (χ3v) is 5.11. The van der Waals surface area contributed by atoms with E-state index in [0.29, 0.717) is 11.6 Å². The first kappa shape index (κ1) is 16.7. The second-order valence-electron chi connectivity index (χ2n) is 6.41. The SMILES string of the molecule is Cn1c(Cl)cnc1CN1CCCN(C(=O)CC2CCCO2)CC1. The second-order valence-corrected chi connectivity index (χ2v) is 6.79. The molecule has 0 aliphatic carbocycles. The van der Waals surface area contributed by atoms with Crippen molar-refractivity contribution in [3.63, 3.8) is 0 Å². The van der Waals surface area contributed by atoms with Crippen LogP contribution >= 0.6 is 11.6 Å². The van der Waals surface area contributed by atoms with Crippen LogP contribution in [0.4, 0.5) is 0 Å². The van der Waals surface area contributed by atoms with Gasteiger partial charge >= 0.3 is 0 Å². The summed E-state index contributed by atoms with van der Waals surface area (Å²) >= 11 is 6.04. The molecule has 2 aliphatic heterocycles. The summed E-state index contributed by atoms with van der Waals surface area (Å²) < 4.78 is 7.49. The number of amides is 1. The lowest BCUT2D eigenvalue weighted by atomic mass is 10.1. The fraction of sp³-hybridized carbons (Fsp3) is 0.750. The summed E-state index contributed by atoms with van der Waals surface area (Å²) in [5.74, 6) is 1.20. The predicted octanol–water partition coefficient (Wildman–Crippen LogP) is 1.68. The van der Waals surface area contributed by atoms with E-state index in [2.05, 4.69) is 9.88 Å². The maximum atomic E-state index is 12.4. The molecule has 0 aromatic carbocycles. The molecule has 3 rings (SSSR count). The largest absolute Gasteiger partial charge is 0.378 e. The van der Waals surface area contributed by atoms with Crippen LogP contribution in [0.25, 0.3) is 0 Å². The highest BCUT2D eigenvalue weighted by Crippen LogP contribution is 2.18. The third kappa shape index (κ3) is 4.25. The molecule has 1 aromatic heterocycles. The first-order chi connectivity index (χ1) is 11.1. The number of carbonyl (C=O) groups excluding carboxylic acids is 1. The Kier molecular flexibility index (Phi) is 5.56. The molecule has 6 nitrogen and oxygen atoms in total. The number of hydrogen-bond donors (Lipinski definition) is 0. The molecular formula is C16H25ClN4O2. The Labute approximate surface area is 142 Å². The van der Waals surface area contributed by atoms with Gasteiger partial charge in [-0.3, -0.25) is 9.69 Å². The average Bonchev–Trinajstić information content (AvgIpc) is 3.07. The molecule has 0 N–H and O–H groups in total. The van der Waals surface area contributed by atoms with Gasteiger partial charge in [0.05, 0.1) is 25.3 Å². The fourth-order valence-electron chi connectivity index (χ4n) is 3.28. The Morgan fingerprint density at radius 2 is 2.22 bits per heavy atom. The summed E-state index contributed by atoms with van der Waals surface area (Å²) in [5.41, 5.74) is 0. The van der Waals surface area contributed by atoms with Crippen molar-refractivity contribution in [2.24, 2.45) is 7.05 Å². The van der Waals surface area contributed by atoms with Gasteiger partial charge in [-0.1, -0.05) is 11.6 Å². The molecule has 0 radical (unpaired) electrons. The van der Waals surface area contributed by atoms with Crippen LogP contribution in [-0.2, 0) is 23.1 Å². The summed E-state index contributed by atoms with van der Waals surface area (Å²) in [4.78, 5) is 21.1. The van der Waals surface area contributed by atoms with Gasteiger partial charge in [0.2, 0.25) is 5.91 Å². The number of nitrogens with zero attached hydrogens (tertiary/aromatic N) is 4. The Morgan fingerprint density at radius 1 is 1.35 bits per heavy atom. The van der Waals surface area contributed by atoms with Crippen molar-refractivity contribution in [3.05, 3.63) is 17.2 Å². The summed E-state index contributed by atoms with van der Waals surface area (Å²) in [6.45, 7) is 5.05. The molecule has 2 aliphatic rings. The highest BCUT2D eigenvalue weighted by molar-refractivity contribution is 6.29. The summed E-state index contributed by atoms with van der Waals surface area (Å²) in [7, 11) is 1.93. The van der Waals surface area contributed by atoms with E-state index in [1.807, 2.05) is 16.5 Å². The molecule has 0 saturated carbocycles. The van der Waals surface area contributed by atoms with Crippen molar-refractivity contribution in [1.29, 1.82) is 0 Å². The maximum absolute atomic E-state index is 12.4. The van der Waals surface area contributed by atoms with Crippen LogP contribution in [0.5, 0.6) is 0 Å². The zero-order valence-corrected chi connectivity index (χ0v) is 14.5. The van der Waals surface area contributed by atoms with Crippen LogP contribution in [0, 0.1) is 0 Å². The molecule has 2 saturated heterocycles. The van der Waals surface area contributed by atoms with Gasteiger partial charge in [-0.05, 0) is 19.3 Å². The zero-order chi connectivity index (χ0) is 16.2. The predicted molar refractivity (Wildman–Crippen MR) is 88.3 cm³/mol. The number of imidazole rings is 1. The number of ether oxygens (including phenoxy) is 1. The van der Waals surface area contributed by atoms with Crippen LogP contribution in [0.2, 0.25) is 5.15 Å². The van der Waals surface area contributed by atoms with Gasteiger partial charge in [-0.2, -0.15) is 0 Å². The monoisotopic (exact) mass is 340 g/mol. The normalized spacial score (nSPS) is 23.2. The van der Waals surface area contributed by atoms with E-state index in [4.69, 9.17) is 16.3 Å². The lowest BCUT2D eigenvalue weighted by Gasteiger charge is -2.23. The Morgan fingerprint density at radius 3 is 2.91 bits per heavy atom. The first-order valence-corrected chi connectivity index (χ1v) is 8.79. The molecule has 1 atom stereocenters. The van der Waals surface area contributed by atoms with Gasteiger partial charge < -0.3 is 14.2 Å². The minimum absolute atomic E-state index is 0.136. The summed E-state index contributed by atoms with van der Waals surface area (Å²) in [6.07, 6.45) is 5.46. The van der Waals surface area contributed by atoms with Crippen LogP contribution < -0.4 is 0 Å². The number of rotatable bonds is 4. The molecule has 23 heavy (non-hydrogen) atoms. The van der Waals surface area contributed by atoms with E-state index in [1.165, 1.54) is 0 Å². The summed E-state index contributed by atoms with van der Waals surface area (Å²) in [6, 6.07) is 0. The molecule has 3 heterocycles. The lowest BCUT2D eigenvalue weighted by molar-refractivity contribution is -0.133. The number of halogens is 1. The lowest BCUT2D eigenvalue weighted by Crippen LogP contribution is -2.36. The minimum Gasteiger partial charge on any atom is -0.378 e. The second kappa shape index (κ2) is 7.64. The summed E-state index contributed by atoms with van der Waals surface area (Å²) in [5, 5.41) is 0.656. The average molecular weight is 341 g/mol. The van der Waals surface area contributed by atoms with Crippen molar-refractivity contribution < 1.29 is 9.53 Å². The zero-order valence-electron chi connectivity index (χ0n) is 13.7. The van der Waals surface area contributed by atoms with E-state index in [1.54, 1.807) is 6.20 Å². The van der Waals surface area contributed by atoms with Crippen LogP contribution in [-0.4, -0.2) is 64.1 Å². The molecule has 0 spiro atoms. The van der Waals surface area contributed by atoms with Gasteiger partial charge in [0.15, 0.2) is 0 Å². The van der Waals surface area contributed by atoms with E-state index in [0.717, 1.165) is 64.4 Å². The van der Waals surface area contributed by atoms with Crippen LogP contribution in [0.15, 0.2) is 6.20 Å². The van der Waals surface area contributed by atoms with E-state index >= 15 is 0 Å². The molecule has 0 bridgehead atoms. The van der Waals surface area contributed by atoms with Gasteiger partial charge in [-0.25, -0.2) is 4.98 Å². The van der Waals surface area contributed by atoms with E-state index in [-0.39, 0.29) is 12.0 Å². The fourth-order valence-corrected chi connectivity index (χ4v) is 3.43. The highest BCUT2D eigenvalue weighted by Gasteiger charge is 2.24. The van der Waals surface area contributed by atoms with Gasteiger partial charge in [0.25, 0.3) is 0 Å². The number of aromatic nitrogens is 2. The van der Waals surface area contributed by atoms with Crippen molar-refractivity contribution in [3.8, 4) is 0 Å². The van der Waals surface area contributed by atoms with E-state index < -0.39 is 0 Å². The van der Waals surface area contributed by atoms with Crippen molar-refractivity contribution in [2.45, 2.75) is 38.3 Å². The molecular weight excluding hydrogens is 316 g/mol. The standard InChI is InChI=1S/C16H25ClN4O2/c1-19-14(17)11-18-15(19)12-20-5-3-6-21(8-7-20)16(22)10-13-4-2-9-23-13/h11,13H,2-10,12H2,1H3. The number of hydrogen-bond acceptors (Lipinski definition) is 4. The topological polar surface area (TPSA) is 50.6 Å². The maximum Gasteiger partial charge on any atom is 0.225 e. The highest BCUT2D eigenvalue weighted by atomic mass is 35.5. The van der Waals surface area contributed by atoms with Gasteiger partial charge in [-0.15, -0.1) is 0 Å². The number of carbonyl (C=O) groups is 1. The van der Waals surface area contributed by atoms with Gasteiger partial charge in [0, 0.05) is 39.8 Å². The molecule has 7 heteroatoms. The van der Waals surface area contributed by atoms with Crippen LogP contribution in [0.1, 0.15) is 31.5 Å². The Bertz CT molecular complexity index is 542. The van der Waals surface area contributed by atoms with Crippen molar-refractivity contribution in [1.82, 2.24) is 19.4 Å². The first-order valence-electron chi connectivity index (χ1n) is 8.41. The third-order valence-electron chi connectivity index (χ3n) is 4.76. The Hall–Kier alpha value is -1.11. The molecule has 128 valence electrons. The quantitative estimate of drug-likeness (QED) is 0.836. The van der Waals surface area contributed by atoms with Crippen LogP contribution in [0.3, 0.4) is 0 Å². The Balaban J connectivity index is 1.50. The minimum atomic E-state index is 0.136. The van der Waals surface area contributed by atoms with E-state index in [9.17, 15) is 4.79 Å². The molecule has 1 amide bonds. The van der Waals surface area contributed by atoms with Gasteiger partial charge in [0.1, 0.15) is 11.0 Å².